The molecular weight excluding hydrogens is 128 g/mol. The highest BCUT2D eigenvalue weighted by Gasteiger charge is 2.38. The van der Waals surface area contributed by atoms with Crippen LogP contribution in [0.5, 0.6) is 0 Å². The summed E-state index contributed by atoms with van der Waals surface area (Å²) in [7, 11) is 0. The largest absolute Gasteiger partial charge is 0.378 e. The highest BCUT2D eigenvalue weighted by Crippen LogP contribution is 2.21. The molecule has 0 bridgehead atoms. The Morgan fingerprint density at radius 1 is 1.67 bits per heavy atom. The van der Waals surface area contributed by atoms with Crippen molar-refractivity contribution in [2.45, 2.75) is 18.4 Å². The normalized spacial score (nSPS) is 45.0. The van der Waals surface area contributed by atoms with E-state index in [2.05, 4.69) is 4.74 Å². The average molecular weight is 137 g/mol. The van der Waals surface area contributed by atoms with Crippen LogP contribution < -0.4 is 5.73 Å². The lowest BCUT2D eigenvalue weighted by Crippen LogP contribution is -2.50. The minimum absolute atomic E-state index is 0.0475. The highest BCUT2D eigenvalue weighted by atomic mass is 19.2. The molecule has 1 saturated heterocycles. The van der Waals surface area contributed by atoms with Gasteiger partial charge in [0.2, 0.25) is 0 Å². The molecule has 0 aliphatic carbocycles. The van der Waals surface area contributed by atoms with Crippen LogP contribution in [0.25, 0.3) is 0 Å². The predicted molar refractivity (Wildman–Crippen MR) is 28.4 cm³/mol. The fourth-order valence-corrected chi connectivity index (χ4v) is 0.711. The van der Waals surface area contributed by atoms with E-state index in [4.69, 9.17) is 5.73 Å². The summed E-state index contributed by atoms with van der Waals surface area (Å²) in [4.78, 5) is 0. The Bertz CT molecular complexity index is 107. The van der Waals surface area contributed by atoms with Crippen LogP contribution in [0.15, 0.2) is 0 Å². The topological polar surface area (TPSA) is 35.2 Å². The molecule has 1 aliphatic rings. The molecule has 0 aromatic heterocycles. The molecule has 2 nitrogen and oxygen atoms in total. The van der Waals surface area contributed by atoms with E-state index >= 15 is 0 Å². The quantitative estimate of drug-likeness (QED) is 0.489. The number of ether oxygens (including phenoxy) is 1. The van der Waals surface area contributed by atoms with Gasteiger partial charge in [-0.1, -0.05) is 0 Å². The Morgan fingerprint density at radius 3 is 2.67 bits per heavy atom. The first-order chi connectivity index (χ1) is 4.13. The van der Waals surface area contributed by atoms with Crippen LogP contribution in [0, 0.1) is 0 Å². The van der Waals surface area contributed by atoms with Crippen LogP contribution in [0.4, 0.5) is 8.78 Å². The van der Waals surface area contributed by atoms with E-state index in [-0.39, 0.29) is 19.6 Å². The molecule has 2 atom stereocenters. The van der Waals surface area contributed by atoms with Crippen molar-refractivity contribution in [1.29, 1.82) is 0 Å². The smallest absolute Gasteiger partial charge is 0.195 e. The maximum Gasteiger partial charge on any atom is 0.195 e. The van der Waals surface area contributed by atoms with Crippen molar-refractivity contribution in [3.63, 3.8) is 0 Å². The standard InChI is InChI=1S/C5H9F2NO/c6-4-3-9-2-1-5(4,7)8/h4H,1-3,8H2. The van der Waals surface area contributed by atoms with Crippen LogP contribution in [0.2, 0.25) is 0 Å². The van der Waals surface area contributed by atoms with Gasteiger partial charge >= 0.3 is 0 Å². The molecule has 1 heterocycles. The number of rotatable bonds is 0. The fourth-order valence-electron chi connectivity index (χ4n) is 0.711. The van der Waals surface area contributed by atoms with Crippen LogP contribution in [-0.4, -0.2) is 25.2 Å². The molecule has 0 saturated carbocycles. The maximum atomic E-state index is 12.6. The first-order valence-electron chi connectivity index (χ1n) is 2.82. The molecule has 2 unspecified atom stereocenters. The number of alkyl halides is 2. The molecule has 4 heteroatoms. The zero-order valence-corrected chi connectivity index (χ0v) is 4.94. The second-order valence-corrected chi connectivity index (χ2v) is 2.22. The van der Waals surface area contributed by atoms with Gasteiger partial charge in [0.15, 0.2) is 12.0 Å². The molecule has 54 valence electrons. The molecule has 0 amide bonds. The lowest BCUT2D eigenvalue weighted by atomic mass is 10.1. The zero-order chi connectivity index (χ0) is 6.91. The van der Waals surface area contributed by atoms with Crippen molar-refractivity contribution in [2.24, 2.45) is 5.73 Å². The molecule has 0 spiro atoms. The monoisotopic (exact) mass is 137 g/mol. The van der Waals surface area contributed by atoms with Gasteiger partial charge in [-0.25, -0.2) is 8.78 Å². The van der Waals surface area contributed by atoms with Crippen molar-refractivity contribution in [2.75, 3.05) is 13.2 Å². The summed E-state index contributed by atoms with van der Waals surface area (Å²) in [5, 5.41) is 0. The van der Waals surface area contributed by atoms with Crippen LogP contribution in [0.3, 0.4) is 0 Å². The molecule has 1 rings (SSSR count). The van der Waals surface area contributed by atoms with Gasteiger partial charge in [-0.05, 0) is 0 Å². The molecule has 9 heavy (non-hydrogen) atoms. The Hall–Kier alpha value is -0.220. The van der Waals surface area contributed by atoms with E-state index in [1.54, 1.807) is 0 Å². The summed E-state index contributed by atoms with van der Waals surface area (Å²) in [6, 6.07) is 0. The van der Waals surface area contributed by atoms with Gasteiger partial charge in [-0.2, -0.15) is 0 Å². The van der Waals surface area contributed by atoms with Crippen molar-refractivity contribution < 1.29 is 13.5 Å². The highest BCUT2D eigenvalue weighted by molar-refractivity contribution is 4.83. The molecule has 0 aromatic rings. The van der Waals surface area contributed by atoms with Gasteiger partial charge < -0.3 is 4.74 Å². The summed E-state index contributed by atoms with van der Waals surface area (Å²) in [5.41, 5.74) is 4.90. The van der Waals surface area contributed by atoms with Crippen molar-refractivity contribution in [3.05, 3.63) is 0 Å². The fraction of sp³-hybridized carbons (Fsp3) is 1.00. The lowest BCUT2D eigenvalue weighted by molar-refractivity contribution is -0.0721. The third-order valence-corrected chi connectivity index (χ3v) is 1.41. The van der Waals surface area contributed by atoms with Crippen LogP contribution >= 0.6 is 0 Å². The van der Waals surface area contributed by atoms with E-state index in [1.807, 2.05) is 0 Å². The molecule has 1 fully saturated rings. The SMILES string of the molecule is NC1(F)CCOCC1F. The van der Waals surface area contributed by atoms with Gasteiger partial charge in [-0.15, -0.1) is 0 Å². The summed E-state index contributed by atoms with van der Waals surface area (Å²) in [6.45, 7) is 0.000417. The Morgan fingerprint density at radius 2 is 2.33 bits per heavy atom. The molecule has 0 aromatic carbocycles. The van der Waals surface area contributed by atoms with Gasteiger partial charge in [-0.3, -0.25) is 5.73 Å². The number of nitrogens with two attached hydrogens (primary N) is 1. The minimum Gasteiger partial charge on any atom is -0.378 e. The van der Waals surface area contributed by atoms with Crippen molar-refractivity contribution in [3.8, 4) is 0 Å². The summed E-state index contributed by atoms with van der Waals surface area (Å²) in [5.74, 6) is -2.15. The zero-order valence-electron chi connectivity index (χ0n) is 4.94. The summed E-state index contributed by atoms with van der Waals surface area (Å²) < 4.78 is 29.5. The van der Waals surface area contributed by atoms with Crippen molar-refractivity contribution >= 4 is 0 Å². The van der Waals surface area contributed by atoms with E-state index in [0.717, 1.165) is 0 Å². The third kappa shape index (κ3) is 1.37. The van der Waals surface area contributed by atoms with Crippen molar-refractivity contribution in [1.82, 2.24) is 0 Å². The van der Waals surface area contributed by atoms with Gasteiger partial charge in [0.1, 0.15) is 0 Å². The number of hydrogen-bond acceptors (Lipinski definition) is 2. The molecule has 0 radical (unpaired) electrons. The average Bonchev–Trinajstić information content (AvgIpc) is 1.77. The first-order valence-corrected chi connectivity index (χ1v) is 2.82. The maximum absolute atomic E-state index is 12.6. The van der Waals surface area contributed by atoms with E-state index in [9.17, 15) is 8.78 Å². The van der Waals surface area contributed by atoms with Gasteiger partial charge in [0, 0.05) is 6.42 Å². The van der Waals surface area contributed by atoms with E-state index in [0.29, 0.717) is 0 Å². The number of hydrogen-bond donors (Lipinski definition) is 1. The summed E-state index contributed by atoms with van der Waals surface area (Å²) in [6.07, 6.45) is -1.71. The predicted octanol–water partition coefficient (Wildman–Crippen LogP) is 0.369. The summed E-state index contributed by atoms with van der Waals surface area (Å²) >= 11 is 0. The van der Waals surface area contributed by atoms with E-state index in [1.165, 1.54) is 0 Å². The Kier molecular flexibility index (Phi) is 1.68. The minimum atomic E-state index is -2.15. The number of halogens is 2. The van der Waals surface area contributed by atoms with Crippen LogP contribution in [0.1, 0.15) is 6.42 Å². The van der Waals surface area contributed by atoms with Gasteiger partial charge in [0.05, 0.1) is 13.2 Å². The second-order valence-electron chi connectivity index (χ2n) is 2.22. The van der Waals surface area contributed by atoms with Crippen LogP contribution in [-0.2, 0) is 4.74 Å². The first kappa shape index (κ1) is 6.89. The molecule has 2 N–H and O–H groups in total. The Labute approximate surface area is 52.0 Å². The Balaban J connectivity index is 2.49. The molecule has 1 aliphatic heterocycles. The van der Waals surface area contributed by atoms with E-state index < -0.39 is 12.0 Å². The lowest BCUT2D eigenvalue weighted by Gasteiger charge is -2.28. The second kappa shape index (κ2) is 2.19. The molecular formula is C5H9F2NO. The van der Waals surface area contributed by atoms with Gasteiger partial charge in [0.25, 0.3) is 0 Å². The third-order valence-electron chi connectivity index (χ3n) is 1.41.